The van der Waals surface area contributed by atoms with Gasteiger partial charge in [-0.3, -0.25) is 0 Å². The fourth-order valence-corrected chi connectivity index (χ4v) is 7.70. The molecule has 0 aromatic heterocycles. The predicted octanol–water partition coefficient (Wildman–Crippen LogP) is 7.29. The van der Waals surface area contributed by atoms with E-state index >= 15 is 0 Å². The largest absolute Gasteiger partial charge is 0.0622 e. The molecule has 0 N–H and O–H groups in total. The van der Waals surface area contributed by atoms with E-state index in [-0.39, 0.29) is 0 Å². The Morgan fingerprint density at radius 3 is 1.96 bits per heavy atom. The van der Waals surface area contributed by atoms with Crippen molar-refractivity contribution in [2.45, 2.75) is 89.0 Å². The van der Waals surface area contributed by atoms with E-state index < -0.39 is 0 Å². The van der Waals surface area contributed by atoms with Crippen molar-refractivity contribution in [3.05, 3.63) is 0 Å². The molecule has 0 amide bonds. The first kappa shape index (κ1) is 19.3. The molecule has 0 bridgehead atoms. The van der Waals surface area contributed by atoms with Gasteiger partial charge in [-0.05, 0) is 70.5 Å². The van der Waals surface area contributed by atoms with Crippen molar-refractivity contribution in [1.82, 2.24) is 0 Å². The summed E-state index contributed by atoms with van der Waals surface area (Å²) in [6.07, 6.45) is 2.78. The van der Waals surface area contributed by atoms with E-state index in [1.807, 2.05) is 0 Å². The molecule has 2 rings (SSSR count). The third-order valence-corrected chi connectivity index (χ3v) is 8.93. The number of fused-ring (bicyclic) bond motifs is 1. The van der Waals surface area contributed by atoms with Crippen molar-refractivity contribution in [2.24, 2.45) is 57.7 Å². The van der Waals surface area contributed by atoms with Gasteiger partial charge in [-0.25, -0.2) is 0 Å². The maximum atomic E-state index is 2.65. The van der Waals surface area contributed by atoms with E-state index in [4.69, 9.17) is 0 Å². The molecule has 23 heavy (non-hydrogen) atoms. The first-order valence-corrected chi connectivity index (χ1v) is 10.2. The Bertz CT molecular complexity index is 426. The van der Waals surface area contributed by atoms with E-state index in [9.17, 15) is 0 Å². The van der Waals surface area contributed by atoms with E-state index in [0.717, 1.165) is 41.4 Å². The van der Waals surface area contributed by atoms with Gasteiger partial charge in [0.2, 0.25) is 0 Å². The molecule has 2 fully saturated rings. The summed E-state index contributed by atoms with van der Waals surface area (Å²) in [6.45, 7) is 27.9. The Morgan fingerprint density at radius 1 is 0.957 bits per heavy atom. The van der Waals surface area contributed by atoms with Gasteiger partial charge in [-0.1, -0.05) is 76.2 Å². The summed E-state index contributed by atoms with van der Waals surface area (Å²) < 4.78 is 0. The molecule has 0 aromatic rings. The Kier molecular flexibility index (Phi) is 4.85. The van der Waals surface area contributed by atoms with E-state index in [0.29, 0.717) is 16.2 Å². The molecule has 136 valence electrons. The molecule has 0 heteroatoms. The molecule has 2 aliphatic carbocycles. The van der Waals surface area contributed by atoms with Gasteiger partial charge >= 0.3 is 0 Å². The molecular formula is C23H44. The van der Waals surface area contributed by atoms with Crippen molar-refractivity contribution in [1.29, 1.82) is 0 Å². The maximum Gasteiger partial charge on any atom is -0.0218 e. The van der Waals surface area contributed by atoms with Crippen molar-refractivity contribution >= 4 is 0 Å². The zero-order valence-electron chi connectivity index (χ0n) is 18.0. The predicted molar refractivity (Wildman–Crippen MR) is 103 cm³/mol. The van der Waals surface area contributed by atoms with Crippen LogP contribution in [-0.2, 0) is 0 Å². The summed E-state index contributed by atoms with van der Waals surface area (Å²) >= 11 is 0. The molecule has 0 heterocycles. The van der Waals surface area contributed by atoms with Gasteiger partial charge in [-0.15, -0.1) is 0 Å². The van der Waals surface area contributed by atoms with E-state index in [1.165, 1.54) is 12.8 Å². The van der Waals surface area contributed by atoms with Gasteiger partial charge < -0.3 is 0 Å². The standard InChI is InChI=1S/C23H44/c1-14-12-15(2)20-19(14)17(4)18(5)23(11,22(20,9)10)16(3)13-21(6,7)8/h14-20H,12-13H2,1-11H3/t14-,15+,16+,17+,18-,19+,20+,23-/m0/s1. The van der Waals surface area contributed by atoms with Crippen LogP contribution in [0.2, 0.25) is 0 Å². The monoisotopic (exact) mass is 320 g/mol. The Balaban J connectivity index is 2.47. The van der Waals surface area contributed by atoms with Crippen LogP contribution in [0, 0.1) is 57.7 Å². The fourth-order valence-electron chi connectivity index (χ4n) is 7.70. The molecule has 0 aliphatic heterocycles. The molecule has 0 nitrogen and oxygen atoms in total. The van der Waals surface area contributed by atoms with Gasteiger partial charge in [0.15, 0.2) is 0 Å². The summed E-state index contributed by atoms with van der Waals surface area (Å²) in [5, 5.41) is 0. The summed E-state index contributed by atoms with van der Waals surface area (Å²) in [5.74, 6) is 6.08. The normalized spacial score (nSPS) is 48.1. The first-order chi connectivity index (χ1) is 10.2. The number of hydrogen-bond acceptors (Lipinski definition) is 0. The quantitative estimate of drug-likeness (QED) is 0.501. The molecule has 2 saturated carbocycles. The van der Waals surface area contributed by atoms with Gasteiger partial charge in [0.25, 0.3) is 0 Å². The summed E-state index contributed by atoms with van der Waals surface area (Å²) in [5.41, 5.74) is 1.28. The maximum absolute atomic E-state index is 2.65. The highest BCUT2D eigenvalue weighted by Gasteiger charge is 2.63. The summed E-state index contributed by atoms with van der Waals surface area (Å²) in [4.78, 5) is 0. The third-order valence-electron chi connectivity index (χ3n) is 8.93. The van der Waals surface area contributed by atoms with Crippen LogP contribution in [0.3, 0.4) is 0 Å². The lowest BCUT2D eigenvalue weighted by Crippen LogP contribution is -2.59. The highest BCUT2D eigenvalue weighted by atomic mass is 14.7. The van der Waals surface area contributed by atoms with Gasteiger partial charge in [0, 0.05) is 0 Å². The van der Waals surface area contributed by atoms with Crippen LogP contribution >= 0.6 is 0 Å². The number of hydrogen-bond donors (Lipinski definition) is 0. The Hall–Kier alpha value is 0. The highest BCUT2D eigenvalue weighted by Crippen LogP contribution is 2.69. The third kappa shape index (κ3) is 2.81. The van der Waals surface area contributed by atoms with Crippen LogP contribution in [0.5, 0.6) is 0 Å². The van der Waals surface area contributed by atoms with Gasteiger partial charge in [0.1, 0.15) is 0 Å². The summed E-state index contributed by atoms with van der Waals surface area (Å²) in [6, 6.07) is 0. The van der Waals surface area contributed by atoms with Crippen LogP contribution in [0.25, 0.3) is 0 Å². The average molecular weight is 321 g/mol. The van der Waals surface area contributed by atoms with Crippen LogP contribution in [0.4, 0.5) is 0 Å². The molecule has 2 aliphatic rings. The Labute approximate surface area is 147 Å². The molecular weight excluding hydrogens is 276 g/mol. The molecule has 0 aromatic carbocycles. The minimum Gasteiger partial charge on any atom is -0.0622 e. The highest BCUT2D eigenvalue weighted by molar-refractivity contribution is 5.11. The van der Waals surface area contributed by atoms with Crippen molar-refractivity contribution < 1.29 is 0 Å². The minimum atomic E-state index is 0.424. The lowest BCUT2D eigenvalue weighted by Gasteiger charge is -2.64. The van der Waals surface area contributed by atoms with Crippen molar-refractivity contribution in [2.75, 3.05) is 0 Å². The molecule has 8 atom stereocenters. The minimum absolute atomic E-state index is 0.424. The van der Waals surface area contributed by atoms with Crippen molar-refractivity contribution in [3.63, 3.8) is 0 Å². The van der Waals surface area contributed by atoms with Crippen LogP contribution < -0.4 is 0 Å². The van der Waals surface area contributed by atoms with Crippen LogP contribution in [0.15, 0.2) is 0 Å². The lowest BCUT2D eigenvalue weighted by molar-refractivity contribution is -0.165. The zero-order valence-corrected chi connectivity index (χ0v) is 18.0. The summed E-state index contributed by atoms with van der Waals surface area (Å²) in [7, 11) is 0. The molecule has 0 radical (unpaired) electrons. The lowest BCUT2D eigenvalue weighted by atomic mass is 9.40. The zero-order chi connectivity index (χ0) is 18.0. The number of rotatable bonds is 2. The fraction of sp³-hybridized carbons (Fsp3) is 1.00. The smallest absolute Gasteiger partial charge is 0.0218 e. The second-order valence-corrected chi connectivity index (χ2v) is 11.6. The van der Waals surface area contributed by atoms with Crippen molar-refractivity contribution in [3.8, 4) is 0 Å². The van der Waals surface area contributed by atoms with E-state index in [1.54, 1.807) is 0 Å². The van der Waals surface area contributed by atoms with Gasteiger partial charge in [0.05, 0.1) is 0 Å². The molecule has 0 saturated heterocycles. The van der Waals surface area contributed by atoms with Gasteiger partial charge in [-0.2, -0.15) is 0 Å². The second kappa shape index (κ2) is 5.77. The first-order valence-electron chi connectivity index (χ1n) is 10.2. The SMILES string of the molecule is C[C@H]1[C@@H]2[C@@H]([C@H](C)C[C@@H]2C)C(C)(C)[C@@](C)([C@H](C)CC(C)(C)C)[C@H]1C. The van der Waals surface area contributed by atoms with Crippen LogP contribution in [-0.4, -0.2) is 0 Å². The van der Waals surface area contributed by atoms with E-state index in [2.05, 4.69) is 76.2 Å². The topological polar surface area (TPSA) is 0 Å². The average Bonchev–Trinajstić information content (AvgIpc) is 2.67. The Morgan fingerprint density at radius 2 is 1.48 bits per heavy atom. The second-order valence-electron chi connectivity index (χ2n) is 11.6. The molecule has 0 spiro atoms. The van der Waals surface area contributed by atoms with Crippen LogP contribution in [0.1, 0.15) is 89.0 Å². The molecule has 0 unspecified atom stereocenters.